The zero-order valence-electron chi connectivity index (χ0n) is 16.5. The summed E-state index contributed by atoms with van der Waals surface area (Å²) in [5.74, 6) is 1.96. The number of hydrogen-bond acceptors (Lipinski definition) is 2. The third-order valence-electron chi connectivity index (χ3n) is 7.31. The smallest absolute Gasteiger partial charge is 0.234 e. The molecule has 3 atom stereocenters. The van der Waals surface area contributed by atoms with Gasteiger partial charge in [-0.2, -0.15) is 0 Å². The van der Waals surface area contributed by atoms with Crippen LogP contribution < -0.4 is 0 Å². The Morgan fingerprint density at radius 3 is 1.89 bits per heavy atom. The summed E-state index contributed by atoms with van der Waals surface area (Å²) >= 11 is 0. The molecule has 2 bridgehead atoms. The van der Waals surface area contributed by atoms with Crippen molar-refractivity contribution in [1.82, 2.24) is 9.80 Å². The van der Waals surface area contributed by atoms with E-state index in [0.717, 1.165) is 55.2 Å². The zero-order valence-corrected chi connectivity index (χ0v) is 16.5. The maximum atomic E-state index is 13.6. The van der Waals surface area contributed by atoms with Gasteiger partial charge in [-0.1, -0.05) is 67.1 Å². The van der Waals surface area contributed by atoms with E-state index in [1.807, 2.05) is 36.4 Å². The van der Waals surface area contributed by atoms with Crippen molar-refractivity contribution in [3.05, 3.63) is 71.8 Å². The summed E-state index contributed by atoms with van der Waals surface area (Å²) in [5.41, 5.74) is 2.18. The topological polar surface area (TPSA) is 23.6 Å². The molecule has 0 radical (unpaired) electrons. The summed E-state index contributed by atoms with van der Waals surface area (Å²) in [4.78, 5) is 18.4. The van der Waals surface area contributed by atoms with Crippen LogP contribution in [-0.2, 0) is 4.79 Å². The summed E-state index contributed by atoms with van der Waals surface area (Å²) in [6.07, 6.45) is 5.73. The molecule has 0 N–H and O–H groups in total. The molecular formula is C25H30N2O. The Bertz CT molecular complexity index is 758. The summed E-state index contributed by atoms with van der Waals surface area (Å²) in [5, 5.41) is 0. The van der Waals surface area contributed by atoms with Crippen molar-refractivity contribution in [2.75, 3.05) is 26.2 Å². The molecule has 5 rings (SSSR count). The molecule has 1 saturated heterocycles. The van der Waals surface area contributed by atoms with E-state index in [1.165, 1.54) is 25.7 Å². The van der Waals surface area contributed by atoms with Crippen molar-refractivity contribution in [2.45, 2.75) is 37.6 Å². The lowest BCUT2D eigenvalue weighted by atomic mass is 9.89. The number of carbonyl (C=O) groups excluding carboxylic acids is 1. The average molecular weight is 375 g/mol. The Kier molecular flexibility index (Phi) is 4.94. The normalized spacial score (nSPS) is 27.5. The van der Waals surface area contributed by atoms with Crippen molar-refractivity contribution >= 4 is 5.91 Å². The molecule has 146 valence electrons. The van der Waals surface area contributed by atoms with Gasteiger partial charge in [-0.15, -0.1) is 0 Å². The van der Waals surface area contributed by atoms with Crippen molar-refractivity contribution < 1.29 is 4.79 Å². The van der Waals surface area contributed by atoms with Crippen LogP contribution in [0.1, 0.15) is 42.7 Å². The molecule has 2 aliphatic carbocycles. The fourth-order valence-electron chi connectivity index (χ4n) is 5.88. The van der Waals surface area contributed by atoms with Crippen LogP contribution in [0.5, 0.6) is 0 Å². The largest absolute Gasteiger partial charge is 0.339 e. The SMILES string of the molecule is O=C(C(c1ccccc1)c1ccccc1)N1CCN([C@@H]2C[C@H]3CC[C@H]2C3)CC1. The number of amides is 1. The van der Waals surface area contributed by atoms with Gasteiger partial charge in [-0.25, -0.2) is 0 Å². The van der Waals surface area contributed by atoms with Gasteiger partial charge in [0.2, 0.25) is 5.91 Å². The van der Waals surface area contributed by atoms with E-state index in [1.54, 1.807) is 0 Å². The first-order valence-corrected chi connectivity index (χ1v) is 10.9. The lowest BCUT2D eigenvalue weighted by molar-refractivity contribution is -0.134. The van der Waals surface area contributed by atoms with Gasteiger partial charge >= 0.3 is 0 Å². The third-order valence-corrected chi connectivity index (χ3v) is 7.31. The fraction of sp³-hybridized carbons (Fsp3) is 0.480. The lowest BCUT2D eigenvalue weighted by Gasteiger charge is -2.41. The molecule has 2 saturated carbocycles. The minimum absolute atomic E-state index is 0.198. The van der Waals surface area contributed by atoms with E-state index >= 15 is 0 Å². The van der Waals surface area contributed by atoms with Crippen molar-refractivity contribution in [3.8, 4) is 0 Å². The maximum Gasteiger partial charge on any atom is 0.234 e. The van der Waals surface area contributed by atoms with E-state index in [0.29, 0.717) is 0 Å². The van der Waals surface area contributed by atoms with E-state index < -0.39 is 0 Å². The molecule has 0 aromatic heterocycles. The number of carbonyl (C=O) groups is 1. The van der Waals surface area contributed by atoms with Gasteiger partial charge in [-0.3, -0.25) is 9.69 Å². The molecule has 0 unspecified atom stereocenters. The van der Waals surface area contributed by atoms with E-state index in [2.05, 4.69) is 34.1 Å². The summed E-state index contributed by atoms with van der Waals surface area (Å²) in [6.45, 7) is 3.80. The van der Waals surface area contributed by atoms with Crippen LogP contribution in [0, 0.1) is 11.8 Å². The minimum atomic E-state index is -0.198. The van der Waals surface area contributed by atoms with Gasteiger partial charge in [0, 0.05) is 32.2 Å². The van der Waals surface area contributed by atoms with Crippen molar-refractivity contribution in [3.63, 3.8) is 0 Å². The molecule has 2 aromatic rings. The first-order valence-electron chi connectivity index (χ1n) is 10.9. The summed E-state index contributed by atoms with van der Waals surface area (Å²) < 4.78 is 0. The highest BCUT2D eigenvalue weighted by Crippen LogP contribution is 2.46. The Morgan fingerprint density at radius 1 is 0.786 bits per heavy atom. The molecule has 28 heavy (non-hydrogen) atoms. The molecule has 1 heterocycles. The maximum absolute atomic E-state index is 13.6. The molecule has 1 aliphatic heterocycles. The van der Waals surface area contributed by atoms with Gasteiger partial charge in [-0.05, 0) is 42.2 Å². The number of fused-ring (bicyclic) bond motifs is 2. The molecule has 3 heteroatoms. The predicted molar refractivity (Wildman–Crippen MR) is 112 cm³/mol. The first kappa shape index (κ1) is 17.9. The van der Waals surface area contributed by atoms with Crippen LogP contribution in [0.25, 0.3) is 0 Å². The Labute approximate surface area is 168 Å². The quantitative estimate of drug-likeness (QED) is 0.803. The standard InChI is InChI=1S/C25H30N2O/c28-25(24(20-7-3-1-4-8-20)21-9-5-2-6-10-21)27-15-13-26(14-16-27)23-18-19-11-12-22(23)17-19/h1-10,19,22-24H,11-18H2/t19-,22-,23+/m0/s1. The highest BCUT2D eigenvalue weighted by Gasteiger charge is 2.43. The van der Waals surface area contributed by atoms with E-state index in [9.17, 15) is 4.79 Å². The second kappa shape index (κ2) is 7.71. The van der Waals surface area contributed by atoms with Crippen LogP contribution >= 0.6 is 0 Å². The third kappa shape index (κ3) is 3.37. The molecule has 3 fully saturated rings. The average Bonchev–Trinajstić information content (AvgIpc) is 3.39. The van der Waals surface area contributed by atoms with Crippen molar-refractivity contribution in [2.24, 2.45) is 11.8 Å². The number of rotatable bonds is 4. The van der Waals surface area contributed by atoms with Crippen LogP contribution in [0.15, 0.2) is 60.7 Å². The second-order valence-electron chi connectivity index (χ2n) is 8.86. The van der Waals surface area contributed by atoms with Crippen molar-refractivity contribution in [1.29, 1.82) is 0 Å². The zero-order chi connectivity index (χ0) is 18.9. The minimum Gasteiger partial charge on any atom is -0.339 e. The second-order valence-corrected chi connectivity index (χ2v) is 8.86. The highest BCUT2D eigenvalue weighted by atomic mass is 16.2. The lowest BCUT2D eigenvalue weighted by Crippen LogP contribution is -2.54. The Hall–Kier alpha value is -2.13. The van der Waals surface area contributed by atoms with Crippen LogP contribution in [0.2, 0.25) is 0 Å². The summed E-state index contributed by atoms with van der Waals surface area (Å²) in [6, 6.07) is 21.3. The first-order chi connectivity index (χ1) is 13.8. The number of nitrogens with zero attached hydrogens (tertiary/aromatic N) is 2. The van der Waals surface area contributed by atoms with Gasteiger partial charge in [0.25, 0.3) is 0 Å². The van der Waals surface area contributed by atoms with Crippen LogP contribution in [0.4, 0.5) is 0 Å². The monoisotopic (exact) mass is 374 g/mol. The molecule has 3 nitrogen and oxygen atoms in total. The van der Waals surface area contributed by atoms with Crippen LogP contribution in [-0.4, -0.2) is 47.9 Å². The predicted octanol–water partition coefficient (Wildman–Crippen LogP) is 4.15. The number of hydrogen-bond donors (Lipinski definition) is 0. The molecule has 2 aromatic carbocycles. The molecule has 3 aliphatic rings. The molecule has 1 amide bonds. The number of piperazine rings is 1. The van der Waals surface area contributed by atoms with Gasteiger partial charge in [0.1, 0.15) is 0 Å². The van der Waals surface area contributed by atoms with Crippen LogP contribution in [0.3, 0.4) is 0 Å². The van der Waals surface area contributed by atoms with E-state index in [4.69, 9.17) is 0 Å². The highest BCUT2D eigenvalue weighted by molar-refractivity contribution is 5.87. The number of benzene rings is 2. The Morgan fingerprint density at radius 2 is 1.39 bits per heavy atom. The van der Waals surface area contributed by atoms with Gasteiger partial charge in [0.15, 0.2) is 0 Å². The summed E-state index contributed by atoms with van der Waals surface area (Å²) in [7, 11) is 0. The van der Waals surface area contributed by atoms with Gasteiger partial charge < -0.3 is 4.90 Å². The van der Waals surface area contributed by atoms with Gasteiger partial charge in [0.05, 0.1) is 5.92 Å². The Balaban J connectivity index is 1.30. The molecule has 0 spiro atoms. The fourth-order valence-corrected chi connectivity index (χ4v) is 5.88. The molecular weight excluding hydrogens is 344 g/mol. The van der Waals surface area contributed by atoms with E-state index in [-0.39, 0.29) is 11.8 Å².